The molecule has 3 amide bonds. The summed E-state index contributed by atoms with van der Waals surface area (Å²) in [6, 6.07) is 1.97. The molecule has 0 saturated heterocycles. The molecule has 50 heavy (non-hydrogen) atoms. The van der Waals surface area contributed by atoms with Gasteiger partial charge in [-0.25, -0.2) is 34.1 Å². The predicted octanol–water partition coefficient (Wildman–Crippen LogP) is 7.38. The number of nitrogens with zero attached hydrogens (tertiary/aromatic N) is 5. The highest BCUT2D eigenvalue weighted by Gasteiger charge is 2.36. The van der Waals surface area contributed by atoms with E-state index in [2.05, 4.69) is 20.3 Å². The normalized spacial score (nSPS) is 13.3. The van der Waals surface area contributed by atoms with Crippen molar-refractivity contribution < 1.29 is 43.2 Å². The van der Waals surface area contributed by atoms with Gasteiger partial charge in [-0.2, -0.15) is 4.90 Å². The zero-order valence-corrected chi connectivity index (χ0v) is 31.3. The summed E-state index contributed by atoms with van der Waals surface area (Å²) in [7, 11) is 0. The van der Waals surface area contributed by atoms with Crippen LogP contribution in [0.3, 0.4) is 0 Å². The first-order valence-electron chi connectivity index (χ1n) is 15.7. The van der Waals surface area contributed by atoms with Gasteiger partial charge in [-0.3, -0.25) is 0 Å². The van der Waals surface area contributed by atoms with Crippen LogP contribution in [-0.4, -0.2) is 77.8 Å². The fourth-order valence-electron chi connectivity index (χ4n) is 4.40. The minimum atomic E-state index is -1.22. The molecule has 0 aliphatic rings. The number of halogens is 2. The van der Waals surface area contributed by atoms with Crippen molar-refractivity contribution in [2.45, 2.75) is 118 Å². The summed E-state index contributed by atoms with van der Waals surface area (Å²) in [5.74, 6) is -1.03. The molecule has 2 atom stereocenters. The first-order valence-corrected chi connectivity index (χ1v) is 16.5. The van der Waals surface area contributed by atoms with Gasteiger partial charge in [0.1, 0.15) is 34.9 Å². The number of carboxylic acid groups (broad SMARTS) is 1. The second kappa shape index (κ2) is 15.7. The predicted molar refractivity (Wildman–Crippen MR) is 186 cm³/mol. The Morgan fingerprint density at radius 2 is 1.46 bits per heavy atom. The van der Waals surface area contributed by atoms with E-state index >= 15 is 0 Å². The number of alkyl carbamates (subject to hydrolysis) is 1. The van der Waals surface area contributed by atoms with Crippen molar-refractivity contribution in [3.63, 3.8) is 0 Å². The number of benzene rings is 1. The maximum absolute atomic E-state index is 13.3. The number of imide groups is 1. The van der Waals surface area contributed by atoms with Crippen LogP contribution < -0.4 is 15.0 Å². The number of carbonyl (C=O) groups excluding carboxylic acids is 3. The van der Waals surface area contributed by atoms with Gasteiger partial charge in [0, 0.05) is 5.56 Å². The van der Waals surface area contributed by atoms with Crippen molar-refractivity contribution in [3.05, 3.63) is 40.4 Å². The molecule has 0 saturated carbocycles. The molecule has 0 radical (unpaired) electrons. The monoisotopic (exact) mass is 738 g/mol. The third-order valence-electron chi connectivity index (χ3n) is 6.41. The lowest BCUT2D eigenvalue weighted by Crippen LogP contribution is -2.44. The van der Waals surface area contributed by atoms with Gasteiger partial charge >= 0.3 is 24.2 Å². The lowest BCUT2D eigenvalue weighted by atomic mass is 10.1. The van der Waals surface area contributed by atoms with Crippen molar-refractivity contribution in [3.8, 4) is 5.75 Å². The van der Waals surface area contributed by atoms with Gasteiger partial charge in [-0.15, -0.1) is 0 Å². The van der Waals surface area contributed by atoms with Gasteiger partial charge in [0.15, 0.2) is 17.0 Å². The molecule has 2 heterocycles. The number of hydrogen-bond acceptors (Lipinski definition) is 11. The molecule has 1 unspecified atom stereocenters. The van der Waals surface area contributed by atoms with Crippen LogP contribution in [-0.2, 0) is 25.5 Å². The number of rotatable bonds is 10. The molecule has 0 bridgehead atoms. The number of carboxylic acids is 1. The second-order valence-electron chi connectivity index (χ2n) is 14.4. The fraction of sp³-hybridized carbons (Fsp3) is 0.545. The SMILES string of the molecule is CC(CC[C@@H](NC(=O)OC(C)(C)C)C(=O)O)Oc1ccc(Cl)c(Cl)c1Cn1cnc2c(N(C(=O)OC(C)(C)C)C(=O)OC(C)(C)C)ncnc21. The third kappa shape index (κ3) is 11.3. The smallest absolute Gasteiger partial charge is 0.425 e. The number of aromatic nitrogens is 4. The highest BCUT2D eigenvalue weighted by molar-refractivity contribution is 6.42. The van der Waals surface area contributed by atoms with Crippen molar-refractivity contribution in [1.82, 2.24) is 24.8 Å². The number of aliphatic carboxylic acids is 1. The highest BCUT2D eigenvalue weighted by Crippen LogP contribution is 2.36. The van der Waals surface area contributed by atoms with Crippen molar-refractivity contribution in [2.24, 2.45) is 0 Å². The molecule has 0 aliphatic carbocycles. The van der Waals surface area contributed by atoms with Crippen LogP contribution in [0.15, 0.2) is 24.8 Å². The van der Waals surface area contributed by atoms with E-state index in [9.17, 15) is 24.3 Å². The number of imidazole rings is 1. The van der Waals surface area contributed by atoms with E-state index in [1.165, 1.54) is 12.7 Å². The Kier molecular flexibility index (Phi) is 12.6. The molecule has 3 rings (SSSR count). The molecule has 0 fully saturated rings. The van der Waals surface area contributed by atoms with Crippen LogP contribution in [0.4, 0.5) is 20.2 Å². The lowest BCUT2D eigenvalue weighted by Gasteiger charge is -2.28. The van der Waals surface area contributed by atoms with Gasteiger partial charge in [0.2, 0.25) is 0 Å². The number of amides is 3. The minimum absolute atomic E-state index is 0.0330. The van der Waals surface area contributed by atoms with E-state index in [1.54, 1.807) is 85.9 Å². The van der Waals surface area contributed by atoms with E-state index in [-0.39, 0.29) is 46.4 Å². The van der Waals surface area contributed by atoms with Crippen LogP contribution in [0.25, 0.3) is 11.2 Å². The van der Waals surface area contributed by atoms with E-state index in [0.29, 0.717) is 16.2 Å². The van der Waals surface area contributed by atoms with Crippen LogP contribution in [0, 0.1) is 0 Å². The summed E-state index contributed by atoms with van der Waals surface area (Å²) in [6.45, 7) is 16.7. The van der Waals surface area contributed by atoms with Crippen LogP contribution in [0.5, 0.6) is 5.75 Å². The lowest BCUT2D eigenvalue weighted by molar-refractivity contribution is -0.139. The number of nitrogens with one attached hydrogen (secondary N) is 1. The summed E-state index contributed by atoms with van der Waals surface area (Å²) in [4.78, 5) is 64.2. The van der Waals surface area contributed by atoms with E-state index in [0.717, 1.165) is 0 Å². The Morgan fingerprint density at radius 3 is 2.00 bits per heavy atom. The average Bonchev–Trinajstić information content (AvgIpc) is 3.35. The molecule has 17 heteroatoms. The first kappa shape index (κ1) is 40.1. The largest absolute Gasteiger partial charge is 0.490 e. The maximum Gasteiger partial charge on any atom is 0.425 e. The van der Waals surface area contributed by atoms with Gasteiger partial charge in [0.05, 0.1) is 29.0 Å². The zero-order chi connectivity index (χ0) is 37.8. The maximum atomic E-state index is 13.3. The topological polar surface area (TPSA) is 184 Å². The minimum Gasteiger partial charge on any atom is -0.490 e. The van der Waals surface area contributed by atoms with Crippen molar-refractivity contribution in [2.75, 3.05) is 4.90 Å². The second-order valence-corrected chi connectivity index (χ2v) is 15.2. The quantitative estimate of drug-likeness (QED) is 0.197. The van der Waals surface area contributed by atoms with Crippen LogP contribution in [0.1, 0.15) is 87.6 Å². The third-order valence-corrected chi connectivity index (χ3v) is 7.25. The van der Waals surface area contributed by atoms with Crippen molar-refractivity contribution >= 4 is 64.4 Å². The molecule has 1 aromatic carbocycles. The Labute approximate surface area is 300 Å². The summed E-state index contributed by atoms with van der Waals surface area (Å²) in [6.07, 6.45) is -0.531. The Morgan fingerprint density at radius 1 is 0.880 bits per heavy atom. The summed E-state index contributed by atoms with van der Waals surface area (Å²) < 4.78 is 24.0. The van der Waals surface area contributed by atoms with Gasteiger partial charge in [-0.05, 0) is 94.2 Å². The van der Waals surface area contributed by atoms with E-state index in [4.69, 9.17) is 42.1 Å². The first-order chi connectivity index (χ1) is 23.0. The fourth-order valence-corrected chi connectivity index (χ4v) is 4.79. The number of anilines is 1. The van der Waals surface area contributed by atoms with Crippen molar-refractivity contribution in [1.29, 1.82) is 0 Å². The Hall–Kier alpha value is -4.37. The number of ether oxygens (including phenoxy) is 4. The zero-order valence-electron chi connectivity index (χ0n) is 29.8. The standard InChI is InChI=1S/C33H44Cl2N6O9/c1-18(11-13-21(27(42)43)39-28(44)48-31(2,3)4)47-22-14-12-20(34)23(35)19(22)15-40-17-38-24-25(40)36-16-37-26(24)41(29(45)49-32(5,6)7)30(46)50-33(8,9)10/h12,14,16-18,21H,11,13,15H2,1-10H3,(H,39,44)(H,42,43)/t18?,21-/m1/s1. The number of hydrogen-bond donors (Lipinski definition) is 2. The van der Waals surface area contributed by atoms with Crippen LogP contribution >= 0.6 is 23.2 Å². The summed E-state index contributed by atoms with van der Waals surface area (Å²) >= 11 is 13.1. The van der Waals surface area contributed by atoms with Gasteiger partial charge in [0.25, 0.3) is 0 Å². The molecular weight excluding hydrogens is 695 g/mol. The van der Waals surface area contributed by atoms with E-state index < -0.39 is 53.2 Å². The average molecular weight is 740 g/mol. The Balaban J connectivity index is 1.91. The molecule has 0 aliphatic heterocycles. The molecule has 2 N–H and O–H groups in total. The number of carbonyl (C=O) groups is 4. The summed E-state index contributed by atoms with van der Waals surface area (Å²) in [5.41, 5.74) is -1.90. The molecule has 0 spiro atoms. The molecule has 274 valence electrons. The molecule has 3 aromatic rings. The summed E-state index contributed by atoms with van der Waals surface area (Å²) in [5, 5.41) is 12.5. The highest BCUT2D eigenvalue weighted by atomic mass is 35.5. The van der Waals surface area contributed by atoms with Crippen LogP contribution in [0.2, 0.25) is 10.0 Å². The van der Waals surface area contributed by atoms with E-state index in [1.807, 2.05) is 0 Å². The number of fused-ring (bicyclic) bond motifs is 1. The molecular formula is C33H44Cl2N6O9. The van der Waals surface area contributed by atoms with Gasteiger partial charge < -0.3 is 33.9 Å². The molecule has 15 nitrogen and oxygen atoms in total. The molecule has 2 aromatic heterocycles. The van der Waals surface area contributed by atoms with Gasteiger partial charge in [-0.1, -0.05) is 23.2 Å². The Bertz CT molecular complexity index is 1700.